The van der Waals surface area contributed by atoms with Crippen LogP contribution in [0.15, 0.2) is 22.8 Å². The van der Waals surface area contributed by atoms with Gasteiger partial charge in [-0.05, 0) is 28.1 Å². The van der Waals surface area contributed by atoms with Gasteiger partial charge < -0.3 is 11.5 Å². The lowest BCUT2D eigenvalue weighted by molar-refractivity contribution is 0.0994. The van der Waals surface area contributed by atoms with Crippen molar-refractivity contribution in [2.24, 2.45) is 5.73 Å². The second-order valence-corrected chi connectivity index (χ2v) is 3.80. The molecule has 0 unspecified atom stereocenters. The summed E-state index contributed by atoms with van der Waals surface area (Å²) in [5, 5.41) is 11.4. The molecule has 0 spiro atoms. The smallest absolute Gasteiger partial charge is 0.269 e. The van der Waals surface area contributed by atoms with Crippen molar-refractivity contribution < 1.29 is 4.79 Å². The van der Waals surface area contributed by atoms with E-state index in [1.165, 1.54) is 10.7 Å². The highest BCUT2D eigenvalue weighted by atomic mass is 79.9. The van der Waals surface area contributed by atoms with Gasteiger partial charge in [-0.2, -0.15) is 0 Å². The molecule has 0 aliphatic rings. The fourth-order valence-electron chi connectivity index (χ4n) is 1.06. The average Bonchev–Trinajstić information content (AvgIpc) is 2.59. The molecule has 0 saturated heterocycles. The number of nitrogen functional groups attached to an aromatic ring is 1. The first-order valence-corrected chi connectivity index (χ1v) is 5.02. The Balaban J connectivity index is 2.38. The summed E-state index contributed by atoms with van der Waals surface area (Å²) < 4.78 is 2.10. The van der Waals surface area contributed by atoms with Crippen LogP contribution in [-0.4, -0.2) is 25.9 Å². The summed E-state index contributed by atoms with van der Waals surface area (Å²) in [4.78, 5) is 10.8. The molecule has 16 heavy (non-hydrogen) atoms. The van der Waals surface area contributed by atoms with Crippen LogP contribution in [0.5, 0.6) is 0 Å². The summed E-state index contributed by atoms with van der Waals surface area (Å²) in [6.45, 7) is 0. The lowest BCUT2D eigenvalue weighted by Crippen LogP contribution is -2.14. The van der Waals surface area contributed by atoms with Gasteiger partial charge in [0.05, 0.1) is 4.47 Å². The largest absolute Gasteiger partial charge is 0.381 e. The van der Waals surface area contributed by atoms with E-state index in [0.717, 1.165) is 0 Å². The summed E-state index contributed by atoms with van der Waals surface area (Å²) in [5.41, 5.74) is 10.7. The molecule has 0 fully saturated rings. The normalized spacial score (nSPS) is 10.3. The highest BCUT2D eigenvalue weighted by Gasteiger charge is 2.07. The number of carbonyl (C=O) groups excluding carboxylic acids is 1. The van der Waals surface area contributed by atoms with Crippen molar-refractivity contribution in [2.75, 3.05) is 5.73 Å². The molecule has 7 nitrogen and oxygen atoms in total. The minimum atomic E-state index is -0.625. The third-order valence-electron chi connectivity index (χ3n) is 1.83. The molecule has 2 aromatic heterocycles. The van der Waals surface area contributed by atoms with Crippen molar-refractivity contribution >= 4 is 27.7 Å². The van der Waals surface area contributed by atoms with Gasteiger partial charge in [0.2, 0.25) is 0 Å². The van der Waals surface area contributed by atoms with E-state index in [1.807, 2.05) is 0 Å². The van der Waals surface area contributed by atoms with Crippen LogP contribution in [0.1, 0.15) is 10.5 Å². The van der Waals surface area contributed by atoms with E-state index in [4.69, 9.17) is 11.5 Å². The molecule has 0 saturated carbocycles. The second-order valence-electron chi connectivity index (χ2n) is 2.95. The third kappa shape index (κ3) is 1.87. The van der Waals surface area contributed by atoms with E-state index in [-0.39, 0.29) is 5.69 Å². The SMILES string of the molecule is NC(=O)c1ccc(-n2cc(Br)c(N)n2)nn1. The number of carbonyl (C=O) groups is 1. The van der Waals surface area contributed by atoms with E-state index in [9.17, 15) is 4.79 Å². The fraction of sp³-hybridized carbons (Fsp3) is 0. The standard InChI is InChI=1S/C8H7BrN6O/c9-4-3-15(14-7(4)10)6-2-1-5(8(11)16)12-13-6/h1-3H,(H2,10,14)(H2,11,16). The first kappa shape index (κ1) is 10.6. The van der Waals surface area contributed by atoms with Gasteiger partial charge in [0.1, 0.15) is 0 Å². The van der Waals surface area contributed by atoms with Gasteiger partial charge >= 0.3 is 0 Å². The number of hydrogen-bond donors (Lipinski definition) is 2. The first-order chi connectivity index (χ1) is 7.58. The molecule has 2 rings (SSSR count). The number of rotatable bonds is 2. The zero-order valence-electron chi connectivity index (χ0n) is 7.96. The van der Waals surface area contributed by atoms with Crippen molar-refractivity contribution in [3.05, 3.63) is 28.5 Å². The van der Waals surface area contributed by atoms with Crippen molar-refractivity contribution in [1.82, 2.24) is 20.0 Å². The summed E-state index contributed by atoms with van der Waals surface area (Å²) in [7, 11) is 0. The molecule has 2 aromatic rings. The lowest BCUT2D eigenvalue weighted by Gasteiger charge is -1.98. The number of halogens is 1. The highest BCUT2D eigenvalue weighted by molar-refractivity contribution is 9.10. The van der Waals surface area contributed by atoms with Gasteiger partial charge in [-0.15, -0.1) is 15.3 Å². The Bertz CT molecular complexity index is 514. The quantitative estimate of drug-likeness (QED) is 0.811. The molecule has 0 atom stereocenters. The summed E-state index contributed by atoms with van der Waals surface area (Å²) in [6, 6.07) is 3.04. The summed E-state index contributed by atoms with van der Waals surface area (Å²) >= 11 is 3.22. The number of nitrogens with zero attached hydrogens (tertiary/aromatic N) is 4. The predicted octanol–water partition coefficient (Wildman–Crippen LogP) is 0.106. The van der Waals surface area contributed by atoms with Crippen molar-refractivity contribution in [1.29, 1.82) is 0 Å². The van der Waals surface area contributed by atoms with Crippen molar-refractivity contribution in [3.8, 4) is 5.82 Å². The monoisotopic (exact) mass is 282 g/mol. The zero-order valence-corrected chi connectivity index (χ0v) is 9.55. The Morgan fingerprint density at radius 3 is 2.56 bits per heavy atom. The Labute approximate surface area is 98.6 Å². The molecule has 8 heteroatoms. The number of hydrogen-bond acceptors (Lipinski definition) is 5. The molecule has 0 aliphatic carbocycles. The molecule has 2 heterocycles. The van der Waals surface area contributed by atoms with Gasteiger partial charge in [0.15, 0.2) is 17.3 Å². The Morgan fingerprint density at radius 2 is 2.12 bits per heavy atom. The average molecular weight is 283 g/mol. The number of nitrogens with two attached hydrogens (primary N) is 2. The Kier molecular flexibility index (Phi) is 2.57. The van der Waals surface area contributed by atoms with Gasteiger partial charge in [0, 0.05) is 6.20 Å². The van der Waals surface area contributed by atoms with E-state index in [0.29, 0.717) is 16.1 Å². The maximum Gasteiger partial charge on any atom is 0.269 e. The molecular formula is C8H7BrN6O. The highest BCUT2D eigenvalue weighted by Crippen LogP contribution is 2.18. The molecule has 0 radical (unpaired) electrons. The predicted molar refractivity (Wildman–Crippen MR) is 59.8 cm³/mol. The van der Waals surface area contributed by atoms with Crippen LogP contribution in [0, 0.1) is 0 Å². The van der Waals surface area contributed by atoms with E-state index in [1.54, 1.807) is 12.3 Å². The number of amides is 1. The zero-order chi connectivity index (χ0) is 11.7. The molecular weight excluding hydrogens is 276 g/mol. The number of anilines is 1. The van der Waals surface area contributed by atoms with Crippen LogP contribution in [0.4, 0.5) is 5.82 Å². The molecule has 0 aromatic carbocycles. The fourth-order valence-corrected chi connectivity index (χ4v) is 1.34. The molecule has 4 N–H and O–H groups in total. The minimum absolute atomic E-state index is 0.0999. The third-order valence-corrected chi connectivity index (χ3v) is 2.44. The topological polar surface area (TPSA) is 113 Å². The summed E-state index contributed by atoms with van der Waals surface area (Å²) in [5.74, 6) is 0.170. The van der Waals surface area contributed by atoms with Crippen molar-refractivity contribution in [3.63, 3.8) is 0 Å². The number of aromatic nitrogens is 4. The maximum atomic E-state index is 10.8. The minimum Gasteiger partial charge on any atom is -0.381 e. The Hall–Kier alpha value is -1.96. The van der Waals surface area contributed by atoms with Crippen LogP contribution in [0.3, 0.4) is 0 Å². The van der Waals surface area contributed by atoms with Crippen LogP contribution in [0.25, 0.3) is 5.82 Å². The van der Waals surface area contributed by atoms with Crippen LogP contribution < -0.4 is 11.5 Å². The van der Waals surface area contributed by atoms with Crippen LogP contribution in [-0.2, 0) is 0 Å². The molecule has 0 aliphatic heterocycles. The van der Waals surface area contributed by atoms with E-state index >= 15 is 0 Å². The molecule has 1 amide bonds. The van der Waals surface area contributed by atoms with Crippen molar-refractivity contribution in [2.45, 2.75) is 0 Å². The summed E-state index contributed by atoms with van der Waals surface area (Å²) in [6.07, 6.45) is 1.64. The van der Waals surface area contributed by atoms with Gasteiger partial charge in [0.25, 0.3) is 5.91 Å². The van der Waals surface area contributed by atoms with Crippen LogP contribution >= 0.6 is 15.9 Å². The Morgan fingerprint density at radius 1 is 1.38 bits per heavy atom. The molecule has 0 bridgehead atoms. The number of primary amides is 1. The van der Waals surface area contributed by atoms with E-state index < -0.39 is 5.91 Å². The second kappa shape index (κ2) is 3.89. The van der Waals surface area contributed by atoms with Gasteiger partial charge in [-0.1, -0.05) is 0 Å². The first-order valence-electron chi connectivity index (χ1n) is 4.22. The lowest BCUT2D eigenvalue weighted by atomic mass is 10.4. The van der Waals surface area contributed by atoms with Gasteiger partial charge in [-0.25, -0.2) is 4.68 Å². The van der Waals surface area contributed by atoms with Gasteiger partial charge in [-0.3, -0.25) is 4.79 Å². The van der Waals surface area contributed by atoms with E-state index in [2.05, 4.69) is 31.2 Å². The van der Waals surface area contributed by atoms with Crippen LogP contribution in [0.2, 0.25) is 0 Å². The molecule has 82 valence electrons. The maximum absolute atomic E-state index is 10.8.